The lowest BCUT2D eigenvalue weighted by Gasteiger charge is -2.09. The van der Waals surface area contributed by atoms with Crippen LogP contribution in [0, 0.1) is 13.8 Å². The lowest BCUT2D eigenvalue weighted by Crippen LogP contribution is -2.22. The van der Waals surface area contributed by atoms with Crippen molar-refractivity contribution < 1.29 is 4.79 Å². The normalized spacial score (nSPS) is 10.4. The van der Waals surface area contributed by atoms with Gasteiger partial charge in [-0.25, -0.2) is 0 Å². The molecule has 1 aromatic rings. The molecule has 78 valence electrons. The van der Waals surface area contributed by atoms with Crippen LogP contribution in [0.1, 0.15) is 34.2 Å². The van der Waals surface area contributed by atoms with Crippen LogP contribution in [0.5, 0.6) is 0 Å². The van der Waals surface area contributed by atoms with Crippen molar-refractivity contribution in [1.29, 1.82) is 0 Å². The number of H-pyrrole nitrogens is 1. The highest BCUT2D eigenvalue weighted by Gasteiger charge is 2.17. The second-order valence-electron chi connectivity index (χ2n) is 3.78. The van der Waals surface area contributed by atoms with Crippen molar-refractivity contribution in [3.05, 3.63) is 22.5 Å². The summed E-state index contributed by atoms with van der Waals surface area (Å²) < 4.78 is 0. The molecule has 0 saturated heterocycles. The molecule has 1 rings (SSSR count). The molecule has 1 N–H and O–H groups in total. The van der Waals surface area contributed by atoms with Gasteiger partial charge in [0, 0.05) is 19.8 Å². The van der Waals surface area contributed by atoms with Gasteiger partial charge in [0.05, 0.1) is 0 Å². The van der Waals surface area contributed by atoms with E-state index in [1.807, 2.05) is 13.8 Å². The molecule has 1 amide bonds. The number of rotatable bonds is 2. The van der Waals surface area contributed by atoms with E-state index < -0.39 is 0 Å². The van der Waals surface area contributed by atoms with E-state index in [4.69, 9.17) is 0 Å². The van der Waals surface area contributed by atoms with Crippen LogP contribution in [0.15, 0.2) is 0 Å². The zero-order valence-electron chi connectivity index (χ0n) is 9.56. The number of carbonyl (C=O) groups excluding carboxylic acids is 1. The van der Waals surface area contributed by atoms with E-state index in [1.54, 1.807) is 19.0 Å². The molecule has 1 heterocycles. The summed E-state index contributed by atoms with van der Waals surface area (Å²) in [5.41, 5.74) is 4.18. The second-order valence-corrected chi connectivity index (χ2v) is 3.78. The highest BCUT2D eigenvalue weighted by Crippen LogP contribution is 2.18. The van der Waals surface area contributed by atoms with Crippen LogP contribution in [0.2, 0.25) is 0 Å². The van der Waals surface area contributed by atoms with Crippen molar-refractivity contribution >= 4 is 5.91 Å². The van der Waals surface area contributed by atoms with Crippen LogP contribution in [0.25, 0.3) is 0 Å². The van der Waals surface area contributed by atoms with Gasteiger partial charge in [0.2, 0.25) is 0 Å². The first-order valence-electron chi connectivity index (χ1n) is 4.88. The third kappa shape index (κ3) is 1.67. The minimum atomic E-state index is 0.0466. The van der Waals surface area contributed by atoms with E-state index in [-0.39, 0.29) is 5.91 Å². The maximum Gasteiger partial charge on any atom is 0.270 e. The fraction of sp³-hybridized carbons (Fsp3) is 0.545. The molecule has 0 aliphatic rings. The first-order chi connectivity index (χ1) is 6.49. The van der Waals surface area contributed by atoms with E-state index in [0.29, 0.717) is 0 Å². The lowest BCUT2D eigenvalue weighted by molar-refractivity contribution is 0.0822. The van der Waals surface area contributed by atoms with E-state index in [2.05, 4.69) is 11.9 Å². The molecule has 14 heavy (non-hydrogen) atoms. The minimum absolute atomic E-state index is 0.0466. The summed E-state index contributed by atoms with van der Waals surface area (Å²) in [6.07, 6.45) is 0.967. The third-order valence-electron chi connectivity index (χ3n) is 2.57. The Morgan fingerprint density at radius 2 is 1.93 bits per heavy atom. The molecule has 1 aromatic heterocycles. The largest absolute Gasteiger partial charge is 0.354 e. The Bertz CT molecular complexity index is 350. The molecule has 0 fully saturated rings. The smallest absolute Gasteiger partial charge is 0.270 e. The third-order valence-corrected chi connectivity index (χ3v) is 2.57. The van der Waals surface area contributed by atoms with Crippen molar-refractivity contribution in [3.63, 3.8) is 0 Å². The van der Waals surface area contributed by atoms with Crippen LogP contribution >= 0.6 is 0 Å². The van der Waals surface area contributed by atoms with Crippen LogP contribution in [-0.4, -0.2) is 29.9 Å². The van der Waals surface area contributed by atoms with Crippen molar-refractivity contribution in [2.45, 2.75) is 27.2 Å². The number of hydrogen-bond donors (Lipinski definition) is 1. The van der Waals surface area contributed by atoms with Gasteiger partial charge in [-0.05, 0) is 31.4 Å². The highest BCUT2D eigenvalue weighted by atomic mass is 16.2. The maximum atomic E-state index is 11.7. The van der Waals surface area contributed by atoms with Gasteiger partial charge in [0.1, 0.15) is 5.69 Å². The number of amides is 1. The molecule has 0 aliphatic carbocycles. The van der Waals surface area contributed by atoms with Crippen molar-refractivity contribution in [3.8, 4) is 0 Å². The molecule has 3 nitrogen and oxygen atoms in total. The zero-order chi connectivity index (χ0) is 10.9. The fourth-order valence-electron chi connectivity index (χ4n) is 1.76. The van der Waals surface area contributed by atoms with E-state index in [0.717, 1.165) is 23.4 Å². The molecular formula is C11H18N2O. The molecule has 0 radical (unpaired) electrons. The van der Waals surface area contributed by atoms with Gasteiger partial charge in [-0.3, -0.25) is 4.79 Å². The number of aromatic nitrogens is 1. The first-order valence-corrected chi connectivity index (χ1v) is 4.88. The molecule has 0 saturated carbocycles. The van der Waals surface area contributed by atoms with Gasteiger partial charge in [0.15, 0.2) is 0 Å². The molecular weight excluding hydrogens is 176 g/mol. The summed E-state index contributed by atoms with van der Waals surface area (Å²) in [7, 11) is 3.53. The quantitative estimate of drug-likeness (QED) is 0.767. The zero-order valence-corrected chi connectivity index (χ0v) is 9.56. The number of nitrogens with one attached hydrogen (secondary N) is 1. The molecule has 0 bridgehead atoms. The summed E-state index contributed by atoms with van der Waals surface area (Å²) >= 11 is 0. The van der Waals surface area contributed by atoms with E-state index in [9.17, 15) is 4.79 Å². The van der Waals surface area contributed by atoms with Gasteiger partial charge in [-0.2, -0.15) is 0 Å². The maximum absolute atomic E-state index is 11.7. The van der Waals surface area contributed by atoms with Gasteiger partial charge < -0.3 is 9.88 Å². The topological polar surface area (TPSA) is 36.1 Å². The van der Waals surface area contributed by atoms with Crippen LogP contribution < -0.4 is 0 Å². The van der Waals surface area contributed by atoms with Crippen LogP contribution in [0.4, 0.5) is 0 Å². The Hall–Kier alpha value is -1.25. The second kappa shape index (κ2) is 3.86. The summed E-state index contributed by atoms with van der Waals surface area (Å²) in [4.78, 5) is 16.5. The lowest BCUT2D eigenvalue weighted by atomic mass is 10.1. The minimum Gasteiger partial charge on any atom is -0.354 e. The van der Waals surface area contributed by atoms with Crippen LogP contribution in [-0.2, 0) is 6.42 Å². The van der Waals surface area contributed by atoms with Gasteiger partial charge in [-0.15, -0.1) is 0 Å². The molecule has 0 aliphatic heterocycles. The number of hydrogen-bond acceptors (Lipinski definition) is 1. The van der Waals surface area contributed by atoms with Gasteiger partial charge in [0.25, 0.3) is 5.91 Å². The standard InChI is InChI=1S/C11H18N2O/c1-6-9-7(2)10(12-8(9)3)11(14)13(4)5/h12H,6H2,1-5H3. The predicted molar refractivity (Wildman–Crippen MR) is 57.7 cm³/mol. The molecule has 0 spiro atoms. The Morgan fingerprint density at radius 3 is 2.29 bits per heavy atom. The SMILES string of the molecule is CCc1c(C)[nH]c(C(=O)N(C)C)c1C. The molecule has 0 aromatic carbocycles. The highest BCUT2D eigenvalue weighted by molar-refractivity contribution is 5.94. The summed E-state index contributed by atoms with van der Waals surface area (Å²) in [5, 5.41) is 0. The number of carbonyl (C=O) groups is 1. The Kier molecular flexibility index (Phi) is 2.99. The summed E-state index contributed by atoms with van der Waals surface area (Å²) in [5.74, 6) is 0.0466. The summed E-state index contributed by atoms with van der Waals surface area (Å²) in [6.45, 7) is 6.12. The first kappa shape index (κ1) is 10.8. The average molecular weight is 194 g/mol. The Labute approximate surface area is 85.1 Å². The summed E-state index contributed by atoms with van der Waals surface area (Å²) in [6, 6.07) is 0. The number of aromatic amines is 1. The molecule has 0 atom stereocenters. The van der Waals surface area contributed by atoms with Crippen molar-refractivity contribution in [1.82, 2.24) is 9.88 Å². The number of aryl methyl sites for hydroxylation is 1. The van der Waals surface area contributed by atoms with Crippen molar-refractivity contribution in [2.24, 2.45) is 0 Å². The fourth-order valence-corrected chi connectivity index (χ4v) is 1.76. The Morgan fingerprint density at radius 1 is 1.36 bits per heavy atom. The van der Waals surface area contributed by atoms with E-state index >= 15 is 0 Å². The van der Waals surface area contributed by atoms with Crippen molar-refractivity contribution in [2.75, 3.05) is 14.1 Å². The molecule has 0 unspecified atom stereocenters. The average Bonchev–Trinajstić information content (AvgIpc) is 2.40. The predicted octanol–water partition coefficient (Wildman–Crippen LogP) is 1.90. The van der Waals surface area contributed by atoms with E-state index in [1.165, 1.54) is 5.56 Å². The monoisotopic (exact) mass is 194 g/mol. The van der Waals surface area contributed by atoms with Gasteiger partial charge >= 0.3 is 0 Å². The Balaban J connectivity index is 3.17. The number of nitrogens with zero attached hydrogens (tertiary/aromatic N) is 1. The van der Waals surface area contributed by atoms with Gasteiger partial charge in [-0.1, -0.05) is 6.92 Å². The van der Waals surface area contributed by atoms with Crippen LogP contribution in [0.3, 0.4) is 0 Å². The molecule has 3 heteroatoms.